The van der Waals surface area contributed by atoms with Crippen molar-refractivity contribution in [3.05, 3.63) is 0 Å². The van der Waals surface area contributed by atoms with Crippen LogP contribution in [0.4, 0.5) is 0 Å². The lowest BCUT2D eigenvalue weighted by Crippen LogP contribution is -2.51. The molecule has 0 aromatic carbocycles. The monoisotopic (exact) mass is 321 g/mol. The van der Waals surface area contributed by atoms with Crippen LogP contribution in [0, 0.1) is 5.92 Å². The Morgan fingerprint density at radius 3 is 2.43 bits per heavy atom. The molecule has 0 spiro atoms. The van der Waals surface area contributed by atoms with E-state index in [1.54, 1.807) is 0 Å². The molecule has 0 bridgehead atoms. The summed E-state index contributed by atoms with van der Waals surface area (Å²) in [5.74, 6) is 1.69. The van der Waals surface area contributed by atoms with Gasteiger partial charge in [-0.1, -0.05) is 6.42 Å². The van der Waals surface area contributed by atoms with Gasteiger partial charge in [-0.25, -0.2) is 0 Å². The maximum atomic E-state index is 12.2. The molecule has 0 atom stereocenters. The quantitative estimate of drug-likeness (QED) is 0.557. The summed E-state index contributed by atoms with van der Waals surface area (Å²) in [5, 5.41) is 6.75. The first-order valence-electron chi connectivity index (χ1n) is 9.32. The Kier molecular flexibility index (Phi) is 5.75. The number of carbonyl (C=O) groups excluding carboxylic acids is 1. The molecule has 2 N–H and O–H groups in total. The van der Waals surface area contributed by atoms with Crippen molar-refractivity contribution in [2.45, 2.75) is 45.1 Å². The van der Waals surface area contributed by atoms with Crippen molar-refractivity contribution in [2.75, 3.05) is 45.8 Å². The second kappa shape index (κ2) is 7.99. The molecular formula is C17H31N5O. The molecule has 2 aliphatic carbocycles. The summed E-state index contributed by atoms with van der Waals surface area (Å²) in [6.45, 7) is 8.55. The van der Waals surface area contributed by atoms with Crippen LogP contribution in [0.1, 0.15) is 39.0 Å². The summed E-state index contributed by atoms with van der Waals surface area (Å²) in [4.78, 5) is 21.4. The fourth-order valence-corrected chi connectivity index (χ4v) is 3.15. The summed E-state index contributed by atoms with van der Waals surface area (Å²) in [7, 11) is 0. The van der Waals surface area contributed by atoms with Crippen molar-refractivity contribution in [3.8, 4) is 0 Å². The van der Waals surface area contributed by atoms with Gasteiger partial charge in [0.2, 0.25) is 5.91 Å². The highest BCUT2D eigenvalue weighted by Gasteiger charge is 2.31. The number of hydrogen-bond donors (Lipinski definition) is 2. The molecule has 0 aromatic heterocycles. The number of guanidine groups is 1. The fourth-order valence-electron chi connectivity index (χ4n) is 3.15. The second-order valence-corrected chi connectivity index (χ2v) is 6.97. The minimum absolute atomic E-state index is 0.335. The van der Waals surface area contributed by atoms with Gasteiger partial charge < -0.3 is 15.5 Å². The average molecular weight is 321 g/mol. The normalized spacial score (nSPS) is 23.5. The van der Waals surface area contributed by atoms with Crippen molar-refractivity contribution in [1.82, 2.24) is 20.4 Å². The van der Waals surface area contributed by atoms with Crippen LogP contribution < -0.4 is 10.6 Å². The Hall–Kier alpha value is -1.30. The lowest BCUT2D eigenvalue weighted by molar-refractivity contribution is -0.139. The van der Waals surface area contributed by atoms with Crippen LogP contribution in [0.5, 0.6) is 0 Å². The van der Waals surface area contributed by atoms with E-state index in [0.29, 0.717) is 17.9 Å². The third-order valence-corrected chi connectivity index (χ3v) is 5.09. The predicted molar refractivity (Wildman–Crippen MR) is 92.5 cm³/mol. The first-order valence-corrected chi connectivity index (χ1v) is 9.32. The number of nitrogens with zero attached hydrogens (tertiary/aromatic N) is 3. The van der Waals surface area contributed by atoms with E-state index in [1.165, 1.54) is 19.3 Å². The van der Waals surface area contributed by atoms with Gasteiger partial charge in [0.15, 0.2) is 5.96 Å². The number of carbonyl (C=O) groups is 1. The molecule has 3 aliphatic rings. The van der Waals surface area contributed by atoms with Gasteiger partial charge in [-0.3, -0.25) is 14.7 Å². The highest BCUT2D eigenvalue weighted by molar-refractivity contribution is 5.80. The first-order chi connectivity index (χ1) is 11.3. The Balaban J connectivity index is 1.35. The molecule has 1 aliphatic heterocycles. The van der Waals surface area contributed by atoms with Crippen molar-refractivity contribution in [1.29, 1.82) is 0 Å². The largest absolute Gasteiger partial charge is 0.357 e. The Bertz CT molecular complexity index is 423. The van der Waals surface area contributed by atoms with E-state index >= 15 is 0 Å². The molecule has 2 saturated carbocycles. The van der Waals surface area contributed by atoms with Gasteiger partial charge in [0.05, 0.1) is 6.54 Å². The summed E-state index contributed by atoms with van der Waals surface area (Å²) < 4.78 is 0. The molecule has 6 nitrogen and oxygen atoms in total. The maximum Gasteiger partial charge on any atom is 0.225 e. The van der Waals surface area contributed by atoms with E-state index in [-0.39, 0.29) is 0 Å². The van der Waals surface area contributed by atoms with E-state index in [4.69, 9.17) is 0 Å². The number of amides is 1. The Morgan fingerprint density at radius 2 is 1.87 bits per heavy atom. The molecule has 6 heteroatoms. The molecule has 1 heterocycles. The van der Waals surface area contributed by atoms with Crippen LogP contribution in [0.2, 0.25) is 0 Å². The molecule has 1 amide bonds. The molecule has 0 unspecified atom stereocenters. The molecule has 0 aromatic rings. The fraction of sp³-hybridized carbons (Fsp3) is 0.882. The highest BCUT2D eigenvalue weighted by atomic mass is 16.2. The minimum Gasteiger partial charge on any atom is -0.357 e. The number of piperazine rings is 1. The molecule has 3 rings (SSSR count). The van der Waals surface area contributed by atoms with Crippen LogP contribution >= 0.6 is 0 Å². The van der Waals surface area contributed by atoms with E-state index in [2.05, 4.69) is 32.3 Å². The average Bonchev–Trinajstić information content (AvgIpc) is 3.30. The van der Waals surface area contributed by atoms with Crippen LogP contribution in [0.3, 0.4) is 0 Å². The smallest absolute Gasteiger partial charge is 0.225 e. The summed E-state index contributed by atoms with van der Waals surface area (Å²) in [6, 6.07) is 0.633. The number of nitrogens with one attached hydrogen (secondary N) is 2. The van der Waals surface area contributed by atoms with Crippen LogP contribution in [-0.2, 0) is 4.79 Å². The van der Waals surface area contributed by atoms with Gasteiger partial charge in [-0.05, 0) is 32.6 Å². The van der Waals surface area contributed by atoms with Crippen molar-refractivity contribution in [2.24, 2.45) is 10.9 Å². The van der Waals surface area contributed by atoms with Gasteiger partial charge in [-0.15, -0.1) is 0 Å². The highest BCUT2D eigenvalue weighted by Crippen LogP contribution is 2.28. The zero-order valence-corrected chi connectivity index (χ0v) is 14.4. The Labute approximate surface area is 139 Å². The van der Waals surface area contributed by atoms with Crippen molar-refractivity contribution in [3.63, 3.8) is 0 Å². The topological polar surface area (TPSA) is 60.0 Å². The SMILES string of the molecule is CCNC(=NCCN1CCN(C(=O)C2CCC2)CC1)NC1CC1. The molecular weight excluding hydrogens is 290 g/mol. The predicted octanol–water partition coefficient (Wildman–Crippen LogP) is 0.648. The van der Waals surface area contributed by atoms with E-state index < -0.39 is 0 Å². The van der Waals surface area contributed by atoms with Crippen molar-refractivity contribution >= 4 is 11.9 Å². The molecule has 3 fully saturated rings. The molecule has 1 saturated heterocycles. The van der Waals surface area contributed by atoms with Gasteiger partial charge >= 0.3 is 0 Å². The van der Waals surface area contributed by atoms with Crippen molar-refractivity contribution < 1.29 is 4.79 Å². The van der Waals surface area contributed by atoms with Gasteiger partial charge in [-0.2, -0.15) is 0 Å². The molecule has 23 heavy (non-hydrogen) atoms. The summed E-state index contributed by atoms with van der Waals surface area (Å²) >= 11 is 0. The number of rotatable bonds is 6. The van der Waals surface area contributed by atoms with E-state index in [1.807, 2.05) is 0 Å². The minimum atomic E-state index is 0.335. The van der Waals surface area contributed by atoms with Gasteiger partial charge in [0.1, 0.15) is 0 Å². The van der Waals surface area contributed by atoms with Crippen LogP contribution in [0.25, 0.3) is 0 Å². The standard InChI is InChI=1S/C17H31N5O/c1-2-18-17(20-15-6-7-15)19-8-9-21-10-12-22(13-11-21)16(23)14-4-3-5-14/h14-15H,2-13H2,1H3,(H2,18,19,20). The second-order valence-electron chi connectivity index (χ2n) is 6.97. The Morgan fingerprint density at radius 1 is 1.13 bits per heavy atom. The molecule has 130 valence electrons. The third-order valence-electron chi connectivity index (χ3n) is 5.09. The van der Waals surface area contributed by atoms with Gasteiger partial charge in [0.25, 0.3) is 0 Å². The first kappa shape index (κ1) is 16.6. The zero-order chi connectivity index (χ0) is 16.1. The van der Waals surface area contributed by atoms with Crippen LogP contribution in [0.15, 0.2) is 4.99 Å². The summed E-state index contributed by atoms with van der Waals surface area (Å²) in [6.07, 6.45) is 5.98. The zero-order valence-electron chi connectivity index (χ0n) is 14.4. The summed E-state index contributed by atoms with van der Waals surface area (Å²) in [5.41, 5.74) is 0. The third kappa shape index (κ3) is 4.83. The van der Waals surface area contributed by atoms with Crippen LogP contribution in [-0.4, -0.2) is 73.5 Å². The van der Waals surface area contributed by atoms with E-state index in [9.17, 15) is 4.79 Å². The maximum absolute atomic E-state index is 12.2. The van der Waals surface area contributed by atoms with E-state index in [0.717, 1.165) is 64.6 Å². The number of hydrogen-bond acceptors (Lipinski definition) is 3. The lowest BCUT2D eigenvalue weighted by atomic mass is 9.84. The van der Waals surface area contributed by atoms with Gasteiger partial charge in [0, 0.05) is 51.2 Å². The lowest BCUT2D eigenvalue weighted by Gasteiger charge is -2.38. The molecule has 0 radical (unpaired) electrons. The number of aliphatic imine (C=N–C) groups is 1.